The molecule has 12 aromatic rings. The summed E-state index contributed by atoms with van der Waals surface area (Å²) in [5, 5.41) is 4.94. The Hall–Kier alpha value is -8.40. The van der Waals surface area contributed by atoms with E-state index < -0.39 is 0 Å². The quantitative estimate of drug-likeness (QED) is 0.0896. The molecular formula is C68H46S2. The topological polar surface area (TPSA) is 0 Å². The molecule has 0 aliphatic heterocycles. The summed E-state index contributed by atoms with van der Waals surface area (Å²) in [6.07, 6.45) is 4.63. The molecule has 10 aromatic carbocycles. The van der Waals surface area contributed by atoms with Gasteiger partial charge in [-0.2, -0.15) is 0 Å². The molecule has 0 bridgehead atoms. The maximum atomic E-state index is 2.44. The van der Waals surface area contributed by atoms with Gasteiger partial charge in [-0.1, -0.05) is 237 Å². The van der Waals surface area contributed by atoms with E-state index in [1.807, 2.05) is 22.7 Å². The van der Waals surface area contributed by atoms with Crippen molar-refractivity contribution >= 4 is 67.5 Å². The van der Waals surface area contributed by atoms with Crippen LogP contribution in [-0.2, 0) is 0 Å². The highest BCUT2D eigenvalue weighted by Crippen LogP contribution is 2.47. The summed E-state index contributed by atoms with van der Waals surface area (Å²) in [7, 11) is 0. The summed E-state index contributed by atoms with van der Waals surface area (Å²) in [5.74, 6) is 0. The van der Waals surface area contributed by atoms with E-state index in [9.17, 15) is 0 Å². The van der Waals surface area contributed by atoms with Gasteiger partial charge in [-0.25, -0.2) is 0 Å². The van der Waals surface area contributed by atoms with Crippen LogP contribution in [0.5, 0.6) is 0 Å². The average Bonchev–Trinajstić information content (AvgIpc) is 4.15. The van der Waals surface area contributed by atoms with Crippen LogP contribution in [0.15, 0.2) is 267 Å². The minimum absolute atomic E-state index is 1.16. The van der Waals surface area contributed by atoms with Crippen LogP contribution < -0.4 is 0 Å². The SMILES string of the molecule is C(=C(c1ccccc1)c1ccccc1)c1ccc(-c2c3ccccc3c(-c3ccc(C=C(c4ccccc4)c4ccccc4)cc3)c3cc(-c4ccc(-c5ccc(-c6ccccc6)s5)s4)ccc23)cc1. The third-order valence-electron chi connectivity index (χ3n) is 13.2. The van der Waals surface area contributed by atoms with Crippen molar-refractivity contribution in [1.82, 2.24) is 0 Å². The van der Waals surface area contributed by atoms with Crippen molar-refractivity contribution in [1.29, 1.82) is 0 Å². The van der Waals surface area contributed by atoms with Crippen LogP contribution in [0.25, 0.3) is 97.7 Å². The van der Waals surface area contributed by atoms with E-state index in [1.54, 1.807) is 0 Å². The Morgan fingerprint density at radius 2 is 0.571 bits per heavy atom. The van der Waals surface area contributed by atoms with Gasteiger partial charge in [0.25, 0.3) is 0 Å². The van der Waals surface area contributed by atoms with E-state index in [2.05, 4.69) is 279 Å². The zero-order valence-electron chi connectivity index (χ0n) is 38.4. The van der Waals surface area contributed by atoms with Gasteiger partial charge in [-0.15, -0.1) is 22.7 Å². The molecule has 2 aromatic heterocycles. The van der Waals surface area contributed by atoms with E-state index in [0.29, 0.717) is 0 Å². The van der Waals surface area contributed by atoms with Gasteiger partial charge in [0.1, 0.15) is 0 Å². The van der Waals surface area contributed by atoms with Crippen LogP contribution >= 0.6 is 22.7 Å². The fourth-order valence-corrected chi connectivity index (χ4v) is 11.9. The molecule has 0 amide bonds. The fraction of sp³-hybridized carbons (Fsp3) is 0. The molecule has 12 rings (SSSR count). The van der Waals surface area contributed by atoms with E-state index in [1.165, 1.54) is 108 Å². The second kappa shape index (κ2) is 19.3. The average molecular weight is 927 g/mol. The Labute approximate surface area is 418 Å². The van der Waals surface area contributed by atoms with Crippen molar-refractivity contribution in [2.45, 2.75) is 0 Å². The summed E-state index contributed by atoms with van der Waals surface area (Å²) in [4.78, 5) is 5.12. The lowest BCUT2D eigenvalue weighted by Gasteiger charge is -2.19. The molecule has 0 saturated carbocycles. The Bertz CT molecular complexity index is 3720. The first-order valence-electron chi connectivity index (χ1n) is 23.8. The molecule has 0 aliphatic rings. The monoisotopic (exact) mass is 926 g/mol. The number of hydrogen-bond donors (Lipinski definition) is 0. The second-order valence-electron chi connectivity index (χ2n) is 17.6. The van der Waals surface area contributed by atoms with Crippen LogP contribution in [0.2, 0.25) is 0 Å². The van der Waals surface area contributed by atoms with Gasteiger partial charge in [0.05, 0.1) is 0 Å². The number of hydrogen-bond acceptors (Lipinski definition) is 2. The number of benzene rings is 10. The zero-order chi connectivity index (χ0) is 46.6. The molecule has 0 unspecified atom stereocenters. The maximum absolute atomic E-state index is 2.44. The predicted octanol–water partition coefficient (Wildman–Crippen LogP) is 19.6. The van der Waals surface area contributed by atoms with Gasteiger partial charge in [-0.05, 0) is 142 Å². The molecule has 0 saturated heterocycles. The summed E-state index contributed by atoms with van der Waals surface area (Å²) >= 11 is 3.72. The zero-order valence-corrected chi connectivity index (χ0v) is 40.0. The van der Waals surface area contributed by atoms with Gasteiger partial charge in [-0.3, -0.25) is 0 Å². The second-order valence-corrected chi connectivity index (χ2v) is 19.7. The van der Waals surface area contributed by atoms with Crippen molar-refractivity contribution in [3.8, 4) is 52.9 Å². The predicted molar refractivity (Wildman–Crippen MR) is 304 cm³/mol. The highest BCUT2D eigenvalue weighted by atomic mass is 32.1. The Kier molecular flexibility index (Phi) is 11.8. The minimum atomic E-state index is 1.16. The van der Waals surface area contributed by atoms with Crippen molar-refractivity contribution in [3.63, 3.8) is 0 Å². The fourth-order valence-electron chi connectivity index (χ4n) is 9.77. The first-order valence-corrected chi connectivity index (χ1v) is 25.4. The van der Waals surface area contributed by atoms with Gasteiger partial charge in [0.2, 0.25) is 0 Å². The van der Waals surface area contributed by atoms with Crippen LogP contribution in [0.4, 0.5) is 0 Å². The molecule has 0 aliphatic carbocycles. The molecule has 0 fully saturated rings. The number of fused-ring (bicyclic) bond motifs is 2. The van der Waals surface area contributed by atoms with Crippen LogP contribution in [0.3, 0.4) is 0 Å². The molecule has 0 N–H and O–H groups in total. The Morgan fingerprint density at radius 1 is 0.243 bits per heavy atom. The summed E-state index contributed by atoms with van der Waals surface area (Å²) in [5.41, 5.74) is 16.9. The van der Waals surface area contributed by atoms with Crippen LogP contribution in [0.1, 0.15) is 33.4 Å². The van der Waals surface area contributed by atoms with Crippen LogP contribution in [-0.4, -0.2) is 0 Å². The lowest BCUT2D eigenvalue weighted by atomic mass is 9.85. The summed E-state index contributed by atoms with van der Waals surface area (Å²) < 4.78 is 0. The normalized spacial score (nSPS) is 11.1. The first-order chi connectivity index (χ1) is 34.7. The van der Waals surface area contributed by atoms with Crippen molar-refractivity contribution < 1.29 is 0 Å². The van der Waals surface area contributed by atoms with Gasteiger partial charge >= 0.3 is 0 Å². The molecule has 0 nitrogen and oxygen atoms in total. The first kappa shape index (κ1) is 42.9. The number of thiophene rings is 2. The smallest absolute Gasteiger partial charge is 0.0449 e. The minimum Gasteiger partial charge on any atom is -0.134 e. The van der Waals surface area contributed by atoms with E-state index in [-0.39, 0.29) is 0 Å². The maximum Gasteiger partial charge on any atom is 0.0449 e. The molecule has 0 radical (unpaired) electrons. The summed E-state index contributed by atoms with van der Waals surface area (Å²) in [6, 6.07) is 97.1. The molecule has 0 spiro atoms. The third-order valence-corrected chi connectivity index (χ3v) is 15.6. The van der Waals surface area contributed by atoms with Crippen molar-refractivity contribution in [2.24, 2.45) is 0 Å². The van der Waals surface area contributed by atoms with Crippen molar-refractivity contribution in [3.05, 3.63) is 300 Å². The molecular weight excluding hydrogens is 881 g/mol. The molecule has 330 valence electrons. The lowest BCUT2D eigenvalue weighted by molar-refractivity contribution is 1.55. The van der Waals surface area contributed by atoms with Gasteiger partial charge in [0.15, 0.2) is 0 Å². The highest BCUT2D eigenvalue weighted by Gasteiger charge is 2.19. The molecule has 2 heterocycles. The standard InChI is InChI=1S/C68H46S2/c1-6-18-49(19-7-1)60(50-20-8-2-9-21-50)44-47-30-34-54(35-31-47)67-57-28-16-17-29-58(57)68(55-36-32-48(33-37-55)45-61(51-22-10-3-11-23-51)52-24-12-4-13-25-52)62-46-56(38-39-59(62)67)64-41-43-66(70-64)65-42-40-63(69-65)53-26-14-5-15-27-53/h1-46H. The van der Waals surface area contributed by atoms with Gasteiger partial charge in [0, 0.05) is 19.5 Å². The Morgan fingerprint density at radius 3 is 1.00 bits per heavy atom. The molecule has 0 atom stereocenters. The van der Waals surface area contributed by atoms with E-state index >= 15 is 0 Å². The molecule has 2 heteroatoms. The van der Waals surface area contributed by atoms with E-state index in [0.717, 1.165) is 11.1 Å². The lowest BCUT2D eigenvalue weighted by Crippen LogP contribution is -1.92. The highest BCUT2D eigenvalue weighted by molar-refractivity contribution is 7.25. The van der Waals surface area contributed by atoms with Crippen molar-refractivity contribution in [2.75, 3.05) is 0 Å². The number of rotatable bonds is 11. The van der Waals surface area contributed by atoms with E-state index in [4.69, 9.17) is 0 Å². The third kappa shape index (κ3) is 8.67. The van der Waals surface area contributed by atoms with Gasteiger partial charge < -0.3 is 0 Å². The van der Waals surface area contributed by atoms with Crippen LogP contribution in [0, 0.1) is 0 Å². The molecule has 70 heavy (non-hydrogen) atoms. The summed E-state index contributed by atoms with van der Waals surface area (Å²) in [6.45, 7) is 0. The largest absolute Gasteiger partial charge is 0.134 e. The Balaban J connectivity index is 0.996.